The van der Waals surface area contributed by atoms with Crippen molar-refractivity contribution >= 4 is 12.1 Å². The lowest BCUT2D eigenvalue weighted by molar-refractivity contribution is 0.0722. The molecule has 5 heteroatoms. The van der Waals surface area contributed by atoms with Gasteiger partial charge in [-0.3, -0.25) is 4.79 Å². The molecule has 0 radical (unpaired) electrons. The van der Waals surface area contributed by atoms with Crippen LogP contribution in [0, 0.1) is 6.92 Å². The fourth-order valence-corrected chi connectivity index (χ4v) is 2.04. The van der Waals surface area contributed by atoms with E-state index >= 15 is 0 Å². The molecule has 2 heterocycles. The van der Waals surface area contributed by atoms with Crippen LogP contribution >= 0.6 is 0 Å². The van der Waals surface area contributed by atoms with E-state index in [2.05, 4.69) is 4.98 Å². The lowest BCUT2D eigenvalue weighted by Crippen LogP contribution is -2.48. The SMILES string of the molecule is Cc1cc(C=O)cnc1N1CCOCC1CO. The first-order chi connectivity index (χ1) is 8.26. The smallest absolute Gasteiger partial charge is 0.151 e. The van der Waals surface area contributed by atoms with E-state index in [4.69, 9.17) is 4.74 Å². The third-order valence-electron chi connectivity index (χ3n) is 2.92. The van der Waals surface area contributed by atoms with Crippen LogP contribution in [0.4, 0.5) is 5.82 Å². The summed E-state index contributed by atoms with van der Waals surface area (Å²) in [6, 6.07) is 1.75. The summed E-state index contributed by atoms with van der Waals surface area (Å²) >= 11 is 0. The van der Waals surface area contributed by atoms with Crippen LogP contribution in [0.2, 0.25) is 0 Å². The third-order valence-corrected chi connectivity index (χ3v) is 2.92. The van der Waals surface area contributed by atoms with Gasteiger partial charge in [0.25, 0.3) is 0 Å². The number of morpholine rings is 1. The highest BCUT2D eigenvalue weighted by atomic mass is 16.5. The molecule has 1 saturated heterocycles. The van der Waals surface area contributed by atoms with Gasteiger partial charge in [0.2, 0.25) is 0 Å². The molecule has 1 N–H and O–H groups in total. The minimum absolute atomic E-state index is 0.0382. The molecule has 0 aliphatic carbocycles. The van der Waals surface area contributed by atoms with Crippen LogP contribution in [-0.4, -0.2) is 48.8 Å². The Balaban J connectivity index is 2.28. The monoisotopic (exact) mass is 236 g/mol. The highest BCUT2D eigenvalue weighted by Crippen LogP contribution is 2.21. The van der Waals surface area contributed by atoms with Crippen molar-refractivity contribution in [3.8, 4) is 0 Å². The average Bonchev–Trinajstić information content (AvgIpc) is 2.38. The highest BCUT2D eigenvalue weighted by molar-refractivity contribution is 5.75. The average molecular weight is 236 g/mol. The molecular weight excluding hydrogens is 220 g/mol. The van der Waals surface area contributed by atoms with Crippen LogP contribution in [-0.2, 0) is 4.74 Å². The summed E-state index contributed by atoms with van der Waals surface area (Å²) < 4.78 is 5.32. The Morgan fingerprint density at radius 3 is 3.18 bits per heavy atom. The van der Waals surface area contributed by atoms with E-state index in [-0.39, 0.29) is 12.6 Å². The summed E-state index contributed by atoms with van der Waals surface area (Å²) in [6.07, 6.45) is 2.34. The van der Waals surface area contributed by atoms with Crippen molar-refractivity contribution in [1.82, 2.24) is 4.98 Å². The number of pyridine rings is 1. The van der Waals surface area contributed by atoms with Gasteiger partial charge in [0.1, 0.15) is 5.82 Å². The number of rotatable bonds is 3. The van der Waals surface area contributed by atoms with Crippen molar-refractivity contribution in [1.29, 1.82) is 0 Å². The van der Waals surface area contributed by atoms with Crippen LogP contribution in [0.1, 0.15) is 15.9 Å². The van der Waals surface area contributed by atoms with Crippen molar-refractivity contribution in [2.45, 2.75) is 13.0 Å². The molecule has 17 heavy (non-hydrogen) atoms. The van der Waals surface area contributed by atoms with Crippen LogP contribution in [0.25, 0.3) is 0 Å². The number of ether oxygens (including phenoxy) is 1. The van der Waals surface area contributed by atoms with Crippen molar-refractivity contribution < 1.29 is 14.6 Å². The predicted octanol–water partition coefficient (Wildman–Crippen LogP) is 0.400. The fourth-order valence-electron chi connectivity index (χ4n) is 2.04. The van der Waals surface area contributed by atoms with E-state index in [1.807, 2.05) is 11.8 Å². The largest absolute Gasteiger partial charge is 0.394 e. The lowest BCUT2D eigenvalue weighted by atomic mass is 10.1. The quantitative estimate of drug-likeness (QED) is 0.770. The number of aliphatic hydroxyl groups excluding tert-OH is 1. The fraction of sp³-hybridized carbons (Fsp3) is 0.500. The molecule has 0 saturated carbocycles. The number of carbonyl (C=O) groups excluding carboxylic acids is 1. The molecule has 1 aromatic heterocycles. The predicted molar refractivity (Wildman–Crippen MR) is 63.4 cm³/mol. The van der Waals surface area contributed by atoms with Gasteiger partial charge in [-0.1, -0.05) is 0 Å². The molecule has 92 valence electrons. The second-order valence-electron chi connectivity index (χ2n) is 4.13. The molecule has 1 aliphatic rings. The second kappa shape index (κ2) is 5.25. The van der Waals surface area contributed by atoms with Crippen molar-refractivity contribution in [2.24, 2.45) is 0 Å². The molecule has 0 bridgehead atoms. The van der Waals surface area contributed by atoms with Crippen LogP contribution in [0.15, 0.2) is 12.3 Å². The van der Waals surface area contributed by atoms with Gasteiger partial charge in [-0.05, 0) is 18.6 Å². The van der Waals surface area contributed by atoms with Gasteiger partial charge in [-0.2, -0.15) is 0 Å². The van der Waals surface area contributed by atoms with Gasteiger partial charge < -0.3 is 14.7 Å². The van der Waals surface area contributed by atoms with E-state index in [1.165, 1.54) is 0 Å². The molecule has 1 aliphatic heterocycles. The molecule has 0 spiro atoms. The molecular formula is C12H16N2O3. The van der Waals surface area contributed by atoms with Crippen molar-refractivity contribution in [3.63, 3.8) is 0 Å². The van der Waals surface area contributed by atoms with Crippen LogP contribution < -0.4 is 4.90 Å². The summed E-state index contributed by atoms with van der Waals surface area (Å²) in [6.45, 7) is 3.80. The molecule has 1 fully saturated rings. The van der Waals surface area contributed by atoms with E-state index in [9.17, 15) is 9.90 Å². The zero-order valence-electron chi connectivity index (χ0n) is 9.80. The third kappa shape index (κ3) is 2.45. The Bertz CT molecular complexity index is 409. The number of hydrogen-bond acceptors (Lipinski definition) is 5. The number of aromatic nitrogens is 1. The van der Waals surface area contributed by atoms with Gasteiger partial charge in [0.15, 0.2) is 6.29 Å². The normalized spacial score (nSPS) is 20.4. The number of aliphatic hydroxyl groups is 1. The topological polar surface area (TPSA) is 62.7 Å². The zero-order chi connectivity index (χ0) is 12.3. The van der Waals surface area contributed by atoms with E-state index < -0.39 is 0 Å². The molecule has 1 atom stereocenters. The summed E-state index contributed by atoms with van der Waals surface area (Å²) in [5.74, 6) is 0.818. The summed E-state index contributed by atoms with van der Waals surface area (Å²) in [7, 11) is 0. The van der Waals surface area contributed by atoms with Gasteiger partial charge in [-0.15, -0.1) is 0 Å². The number of anilines is 1. The number of hydrogen-bond donors (Lipinski definition) is 1. The first-order valence-corrected chi connectivity index (χ1v) is 5.63. The molecule has 0 amide bonds. The van der Waals surface area contributed by atoms with Gasteiger partial charge in [0, 0.05) is 18.3 Å². The Morgan fingerprint density at radius 2 is 2.53 bits per heavy atom. The van der Waals surface area contributed by atoms with Gasteiger partial charge in [0.05, 0.1) is 25.9 Å². The first kappa shape index (κ1) is 12.0. The molecule has 5 nitrogen and oxygen atoms in total. The Kier molecular flexibility index (Phi) is 3.71. The minimum atomic E-state index is -0.0583. The van der Waals surface area contributed by atoms with Gasteiger partial charge >= 0.3 is 0 Å². The number of carbonyl (C=O) groups is 1. The van der Waals surface area contributed by atoms with E-state index in [0.29, 0.717) is 25.3 Å². The Hall–Kier alpha value is -1.46. The summed E-state index contributed by atoms with van der Waals surface area (Å²) in [5, 5.41) is 9.31. The molecule has 0 aromatic carbocycles. The zero-order valence-corrected chi connectivity index (χ0v) is 9.80. The van der Waals surface area contributed by atoms with E-state index in [1.54, 1.807) is 12.3 Å². The maximum atomic E-state index is 10.7. The molecule has 1 unspecified atom stereocenters. The van der Waals surface area contributed by atoms with Crippen LogP contribution in [0.5, 0.6) is 0 Å². The maximum Gasteiger partial charge on any atom is 0.151 e. The lowest BCUT2D eigenvalue weighted by Gasteiger charge is -2.36. The minimum Gasteiger partial charge on any atom is -0.394 e. The maximum absolute atomic E-state index is 10.7. The van der Waals surface area contributed by atoms with Crippen LogP contribution in [0.3, 0.4) is 0 Å². The summed E-state index contributed by atoms with van der Waals surface area (Å²) in [4.78, 5) is 17.0. The standard InChI is InChI=1S/C12H16N2O3/c1-9-4-10(6-15)5-13-12(9)14-2-3-17-8-11(14)7-16/h4-6,11,16H,2-3,7-8H2,1H3. The van der Waals surface area contributed by atoms with Gasteiger partial charge in [-0.25, -0.2) is 4.98 Å². The number of nitrogens with zero attached hydrogens (tertiary/aromatic N) is 2. The number of aryl methyl sites for hydroxylation is 1. The highest BCUT2D eigenvalue weighted by Gasteiger charge is 2.24. The van der Waals surface area contributed by atoms with E-state index in [0.717, 1.165) is 17.7 Å². The molecule has 2 rings (SSSR count). The number of aldehydes is 1. The Labute approximate surface area is 100 Å². The first-order valence-electron chi connectivity index (χ1n) is 5.63. The van der Waals surface area contributed by atoms with Crippen molar-refractivity contribution in [2.75, 3.05) is 31.3 Å². The van der Waals surface area contributed by atoms with Crippen molar-refractivity contribution in [3.05, 3.63) is 23.4 Å². The summed E-state index contributed by atoms with van der Waals surface area (Å²) in [5.41, 5.74) is 1.51. The molecule has 1 aromatic rings. The second-order valence-corrected chi connectivity index (χ2v) is 4.13. The Morgan fingerprint density at radius 1 is 1.71 bits per heavy atom.